The highest BCUT2D eigenvalue weighted by atomic mass is 35.5. The van der Waals surface area contributed by atoms with E-state index >= 15 is 0 Å². The van der Waals surface area contributed by atoms with Gasteiger partial charge in [-0.15, -0.1) is 0 Å². The van der Waals surface area contributed by atoms with Crippen molar-refractivity contribution in [1.82, 2.24) is 5.32 Å². The Morgan fingerprint density at radius 3 is 2.47 bits per heavy atom. The molecule has 1 aromatic rings. The number of nitrogens with one attached hydrogen (secondary N) is 1. The van der Waals surface area contributed by atoms with Crippen LogP contribution < -0.4 is 10.1 Å². The summed E-state index contributed by atoms with van der Waals surface area (Å²) in [5.41, 5.74) is 0.200. The minimum Gasteiger partial charge on any atom is -0.494 e. The first-order valence-electron chi connectivity index (χ1n) is 5.58. The van der Waals surface area contributed by atoms with Gasteiger partial charge in [0, 0.05) is 5.56 Å². The van der Waals surface area contributed by atoms with Crippen LogP contribution in [-0.2, 0) is 0 Å². The molecule has 4 nitrogen and oxygen atoms in total. The fourth-order valence-corrected chi connectivity index (χ4v) is 1.40. The molecule has 0 heterocycles. The maximum absolute atomic E-state index is 11.8. The topological polar surface area (TPSA) is 62.1 Å². The van der Waals surface area contributed by atoms with Crippen molar-refractivity contribution in [3.8, 4) is 11.8 Å². The molecular formula is C13H12Cl2N2O2. The number of benzene rings is 1. The van der Waals surface area contributed by atoms with E-state index in [0.717, 1.165) is 6.42 Å². The fraction of sp³-hybridized carbons (Fsp3) is 0.231. The summed E-state index contributed by atoms with van der Waals surface area (Å²) in [6, 6.07) is 8.26. The average molecular weight is 299 g/mol. The van der Waals surface area contributed by atoms with Gasteiger partial charge in [-0.2, -0.15) is 5.26 Å². The number of ether oxygens (including phenoxy) is 1. The van der Waals surface area contributed by atoms with Gasteiger partial charge < -0.3 is 10.1 Å². The summed E-state index contributed by atoms with van der Waals surface area (Å²) in [5, 5.41) is 11.0. The predicted octanol–water partition coefficient (Wildman–Crippen LogP) is 3.38. The van der Waals surface area contributed by atoms with E-state index in [9.17, 15) is 4.79 Å². The molecule has 100 valence electrons. The van der Waals surface area contributed by atoms with Gasteiger partial charge in [0.15, 0.2) is 5.70 Å². The highest BCUT2D eigenvalue weighted by Gasteiger charge is 2.10. The molecule has 0 radical (unpaired) electrons. The Bertz CT molecular complexity index is 514. The Morgan fingerprint density at radius 2 is 2.00 bits per heavy atom. The number of nitrogens with zero attached hydrogens (tertiary/aromatic N) is 1. The van der Waals surface area contributed by atoms with Crippen molar-refractivity contribution in [1.29, 1.82) is 5.26 Å². The zero-order valence-electron chi connectivity index (χ0n) is 10.2. The van der Waals surface area contributed by atoms with E-state index < -0.39 is 5.91 Å². The van der Waals surface area contributed by atoms with Crippen LogP contribution in [0.15, 0.2) is 34.5 Å². The van der Waals surface area contributed by atoms with Crippen molar-refractivity contribution in [2.24, 2.45) is 0 Å². The number of hydrogen-bond donors (Lipinski definition) is 1. The summed E-state index contributed by atoms with van der Waals surface area (Å²) < 4.78 is 5.12. The number of rotatable bonds is 5. The zero-order valence-corrected chi connectivity index (χ0v) is 11.8. The maximum atomic E-state index is 11.8. The number of carbonyl (C=O) groups is 1. The second kappa shape index (κ2) is 7.67. The first kappa shape index (κ1) is 15.4. The Morgan fingerprint density at radius 1 is 1.37 bits per heavy atom. The lowest BCUT2D eigenvalue weighted by molar-refractivity contribution is 0.0967. The summed E-state index contributed by atoms with van der Waals surface area (Å²) >= 11 is 10.9. The van der Waals surface area contributed by atoms with Crippen LogP contribution in [-0.4, -0.2) is 12.5 Å². The van der Waals surface area contributed by atoms with Crippen LogP contribution in [0.2, 0.25) is 0 Å². The molecule has 0 atom stereocenters. The van der Waals surface area contributed by atoms with Gasteiger partial charge in [-0.1, -0.05) is 30.1 Å². The van der Waals surface area contributed by atoms with Crippen LogP contribution in [0.25, 0.3) is 0 Å². The first-order chi connectivity index (χ1) is 9.08. The van der Waals surface area contributed by atoms with Crippen molar-refractivity contribution in [2.45, 2.75) is 13.3 Å². The molecule has 6 heteroatoms. The minimum atomic E-state index is -0.461. The smallest absolute Gasteiger partial charge is 0.256 e. The van der Waals surface area contributed by atoms with Crippen LogP contribution >= 0.6 is 23.2 Å². The molecule has 1 rings (SSSR count). The Hall–Kier alpha value is -1.70. The third-order valence-electron chi connectivity index (χ3n) is 2.13. The molecule has 0 saturated heterocycles. The van der Waals surface area contributed by atoms with Gasteiger partial charge in [0.2, 0.25) is 0 Å². The van der Waals surface area contributed by atoms with Gasteiger partial charge in [0.05, 0.1) is 6.61 Å². The van der Waals surface area contributed by atoms with Crippen molar-refractivity contribution in [3.63, 3.8) is 0 Å². The van der Waals surface area contributed by atoms with E-state index in [1.807, 2.05) is 6.92 Å². The molecule has 1 N–H and O–H groups in total. The van der Waals surface area contributed by atoms with Crippen molar-refractivity contribution in [3.05, 3.63) is 40.0 Å². The van der Waals surface area contributed by atoms with Crippen LogP contribution in [0.3, 0.4) is 0 Å². The number of carbonyl (C=O) groups excluding carboxylic acids is 1. The molecule has 0 unspecified atom stereocenters. The number of hydrogen-bond acceptors (Lipinski definition) is 3. The molecule has 0 spiro atoms. The molecule has 1 aromatic carbocycles. The third-order valence-corrected chi connectivity index (χ3v) is 2.51. The third kappa shape index (κ3) is 4.82. The molecule has 0 aliphatic rings. The van der Waals surface area contributed by atoms with E-state index in [0.29, 0.717) is 17.9 Å². The molecule has 0 bridgehead atoms. The summed E-state index contributed by atoms with van der Waals surface area (Å²) in [7, 11) is 0. The van der Waals surface area contributed by atoms with Gasteiger partial charge in [-0.05, 0) is 30.7 Å². The van der Waals surface area contributed by atoms with Crippen molar-refractivity contribution < 1.29 is 9.53 Å². The summed E-state index contributed by atoms with van der Waals surface area (Å²) in [4.78, 5) is 11.8. The Kier molecular flexibility index (Phi) is 6.20. The highest BCUT2D eigenvalue weighted by Crippen LogP contribution is 2.14. The molecule has 19 heavy (non-hydrogen) atoms. The van der Waals surface area contributed by atoms with Gasteiger partial charge in [-0.25, -0.2) is 0 Å². The van der Waals surface area contributed by atoms with Crippen molar-refractivity contribution in [2.75, 3.05) is 6.61 Å². The van der Waals surface area contributed by atoms with E-state index in [1.54, 1.807) is 30.3 Å². The van der Waals surface area contributed by atoms with Crippen molar-refractivity contribution >= 4 is 29.1 Å². The average Bonchev–Trinajstić information content (AvgIpc) is 2.42. The second-order valence-corrected chi connectivity index (χ2v) is 4.52. The van der Waals surface area contributed by atoms with Crippen LogP contribution in [0.1, 0.15) is 23.7 Å². The molecule has 0 aromatic heterocycles. The van der Waals surface area contributed by atoms with Crippen LogP contribution in [0, 0.1) is 11.3 Å². The van der Waals surface area contributed by atoms with E-state index in [2.05, 4.69) is 5.32 Å². The predicted molar refractivity (Wildman–Crippen MR) is 74.0 cm³/mol. The van der Waals surface area contributed by atoms with E-state index in [-0.39, 0.29) is 10.2 Å². The number of allylic oxidation sites excluding steroid dienone is 1. The summed E-state index contributed by atoms with van der Waals surface area (Å²) in [6.45, 7) is 2.63. The van der Waals surface area contributed by atoms with Gasteiger partial charge in [0.1, 0.15) is 16.3 Å². The molecule has 0 aliphatic heterocycles. The number of halogens is 2. The zero-order chi connectivity index (χ0) is 14.3. The van der Waals surface area contributed by atoms with Crippen LogP contribution in [0.4, 0.5) is 0 Å². The normalized spacial score (nSPS) is 9.37. The Balaban J connectivity index is 2.74. The minimum absolute atomic E-state index is 0.181. The SMILES string of the molecule is CCCOc1ccc(C(=O)NC(C#N)=C(Cl)Cl)cc1. The lowest BCUT2D eigenvalue weighted by atomic mass is 10.2. The van der Waals surface area contributed by atoms with Gasteiger partial charge >= 0.3 is 0 Å². The van der Waals surface area contributed by atoms with Gasteiger partial charge in [0.25, 0.3) is 5.91 Å². The molecule has 0 aliphatic carbocycles. The summed E-state index contributed by atoms with van der Waals surface area (Å²) in [5.74, 6) is 0.224. The fourth-order valence-electron chi connectivity index (χ4n) is 1.23. The standard InChI is InChI=1S/C13H12Cl2N2O2/c1-2-7-19-10-5-3-9(4-6-10)13(18)17-11(8-16)12(14)15/h3-6H,2,7H2,1H3,(H,17,18). The van der Waals surface area contributed by atoms with Gasteiger partial charge in [-0.3, -0.25) is 4.79 Å². The largest absolute Gasteiger partial charge is 0.494 e. The molecular weight excluding hydrogens is 287 g/mol. The molecule has 1 amide bonds. The summed E-state index contributed by atoms with van der Waals surface area (Å²) in [6.07, 6.45) is 0.910. The lowest BCUT2D eigenvalue weighted by Crippen LogP contribution is -2.22. The maximum Gasteiger partial charge on any atom is 0.256 e. The lowest BCUT2D eigenvalue weighted by Gasteiger charge is -2.06. The highest BCUT2D eigenvalue weighted by molar-refractivity contribution is 6.56. The second-order valence-electron chi connectivity index (χ2n) is 3.57. The molecule has 0 fully saturated rings. The quantitative estimate of drug-likeness (QED) is 0.848. The molecule has 0 saturated carbocycles. The first-order valence-corrected chi connectivity index (χ1v) is 6.33. The van der Waals surface area contributed by atoms with E-state index in [1.165, 1.54) is 0 Å². The monoisotopic (exact) mass is 298 g/mol. The Labute approximate surface area is 121 Å². The number of amides is 1. The van der Waals surface area contributed by atoms with Crippen LogP contribution in [0.5, 0.6) is 5.75 Å². The number of nitriles is 1. The van der Waals surface area contributed by atoms with E-state index in [4.69, 9.17) is 33.2 Å².